The molecule has 1 saturated heterocycles. The molecule has 1 heterocycles. The Balaban J connectivity index is 2.83. The second-order valence-electron chi connectivity index (χ2n) is 5.75. The van der Waals surface area contributed by atoms with Crippen LogP contribution in [0.15, 0.2) is 0 Å². The molecule has 8 nitrogen and oxygen atoms in total. The number of rotatable bonds is 1. The van der Waals surface area contributed by atoms with Crippen molar-refractivity contribution in [3.05, 3.63) is 0 Å². The van der Waals surface area contributed by atoms with Crippen molar-refractivity contribution in [2.45, 2.75) is 39.2 Å². The van der Waals surface area contributed by atoms with Gasteiger partial charge in [0.15, 0.2) is 0 Å². The number of hydrogen-bond donors (Lipinski definition) is 3. The molecule has 22 heavy (non-hydrogen) atoms. The summed E-state index contributed by atoms with van der Waals surface area (Å²) in [5, 5.41) is 11.7. The van der Waals surface area contributed by atoms with Crippen molar-refractivity contribution >= 4 is 17.9 Å². The topological polar surface area (TPSA) is 108 Å². The number of nitrogens with zero attached hydrogens (tertiary/aromatic N) is 1. The van der Waals surface area contributed by atoms with Crippen molar-refractivity contribution in [2.24, 2.45) is 11.8 Å². The zero-order valence-corrected chi connectivity index (χ0v) is 13.3. The third-order valence-electron chi connectivity index (χ3n) is 3.95. The highest BCUT2D eigenvalue weighted by Crippen LogP contribution is 2.19. The summed E-state index contributed by atoms with van der Waals surface area (Å²) in [5.41, 5.74) is 1.60. The van der Waals surface area contributed by atoms with Crippen LogP contribution in [-0.2, 0) is 14.3 Å². The third kappa shape index (κ3) is 5.18. The molecule has 0 radical (unpaired) electrons. The Kier molecular flexibility index (Phi) is 7.10. The van der Waals surface area contributed by atoms with Crippen LogP contribution in [0.2, 0.25) is 0 Å². The maximum Gasteiger partial charge on any atom is 0.409 e. The molecule has 0 bridgehead atoms. The van der Waals surface area contributed by atoms with E-state index in [0.29, 0.717) is 25.8 Å². The molecular weight excluding hydrogens is 290 g/mol. The van der Waals surface area contributed by atoms with Crippen LogP contribution in [0.3, 0.4) is 0 Å². The molecule has 3 amide bonds. The van der Waals surface area contributed by atoms with Crippen molar-refractivity contribution in [3.8, 4) is 0 Å². The SMILES string of the molecule is CC1CCN(C)C(=O)OCCCC(C(=O)NO)C(C)C(=O)N1. The van der Waals surface area contributed by atoms with Crippen LogP contribution >= 0.6 is 0 Å². The first-order chi connectivity index (χ1) is 10.4. The highest BCUT2D eigenvalue weighted by atomic mass is 16.6. The fraction of sp³-hybridized carbons (Fsp3) is 0.786. The van der Waals surface area contributed by atoms with Crippen LogP contribution in [0.4, 0.5) is 4.79 Å². The maximum absolute atomic E-state index is 12.2. The summed E-state index contributed by atoms with van der Waals surface area (Å²) in [6, 6.07) is -0.135. The van der Waals surface area contributed by atoms with E-state index in [1.807, 2.05) is 6.92 Å². The van der Waals surface area contributed by atoms with Gasteiger partial charge in [-0.25, -0.2) is 10.3 Å². The monoisotopic (exact) mass is 315 g/mol. The summed E-state index contributed by atoms with van der Waals surface area (Å²) in [4.78, 5) is 37.1. The lowest BCUT2D eigenvalue weighted by Gasteiger charge is -2.23. The van der Waals surface area contributed by atoms with Crippen LogP contribution in [0.1, 0.15) is 33.1 Å². The van der Waals surface area contributed by atoms with E-state index in [2.05, 4.69) is 5.32 Å². The predicted molar refractivity (Wildman–Crippen MR) is 78.0 cm³/mol. The summed E-state index contributed by atoms with van der Waals surface area (Å²) >= 11 is 0. The van der Waals surface area contributed by atoms with E-state index in [1.165, 1.54) is 4.90 Å². The first-order valence-electron chi connectivity index (χ1n) is 7.49. The van der Waals surface area contributed by atoms with Crippen LogP contribution in [0, 0.1) is 11.8 Å². The number of cyclic esters (lactones) is 1. The van der Waals surface area contributed by atoms with Gasteiger partial charge >= 0.3 is 6.09 Å². The first kappa shape index (κ1) is 18.2. The Labute approximate surface area is 130 Å². The van der Waals surface area contributed by atoms with Crippen molar-refractivity contribution < 1.29 is 24.3 Å². The predicted octanol–water partition coefficient (Wildman–Crippen LogP) is 0.501. The molecule has 126 valence electrons. The minimum absolute atomic E-state index is 0.135. The minimum Gasteiger partial charge on any atom is -0.449 e. The molecule has 0 saturated carbocycles. The molecule has 0 aromatic carbocycles. The number of ether oxygens (including phenoxy) is 1. The van der Waals surface area contributed by atoms with Crippen molar-refractivity contribution in [3.63, 3.8) is 0 Å². The van der Waals surface area contributed by atoms with Crippen LogP contribution in [-0.4, -0.2) is 54.3 Å². The Morgan fingerprint density at radius 3 is 2.68 bits per heavy atom. The highest BCUT2D eigenvalue weighted by Gasteiger charge is 2.30. The summed E-state index contributed by atoms with van der Waals surface area (Å²) in [6.07, 6.45) is 0.937. The fourth-order valence-corrected chi connectivity index (χ4v) is 2.37. The number of hydrogen-bond acceptors (Lipinski definition) is 5. The lowest BCUT2D eigenvalue weighted by Crippen LogP contribution is -2.43. The Hall–Kier alpha value is -1.83. The molecule has 0 aromatic rings. The summed E-state index contributed by atoms with van der Waals surface area (Å²) in [5.74, 6) is -2.10. The number of hydroxylamine groups is 1. The van der Waals surface area contributed by atoms with Gasteiger partial charge in [0, 0.05) is 25.6 Å². The lowest BCUT2D eigenvalue weighted by atomic mass is 9.88. The molecule has 0 spiro atoms. The van der Waals surface area contributed by atoms with Gasteiger partial charge in [0.05, 0.1) is 12.5 Å². The van der Waals surface area contributed by atoms with E-state index in [1.54, 1.807) is 19.5 Å². The van der Waals surface area contributed by atoms with Gasteiger partial charge in [0.2, 0.25) is 11.8 Å². The third-order valence-corrected chi connectivity index (χ3v) is 3.95. The average molecular weight is 315 g/mol. The second kappa shape index (κ2) is 8.57. The Bertz CT molecular complexity index is 415. The smallest absolute Gasteiger partial charge is 0.409 e. The van der Waals surface area contributed by atoms with Gasteiger partial charge in [-0.15, -0.1) is 0 Å². The van der Waals surface area contributed by atoms with Gasteiger partial charge in [-0.1, -0.05) is 6.92 Å². The summed E-state index contributed by atoms with van der Waals surface area (Å²) < 4.78 is 5.11. The van der Waals surface area contributed by atoms with Gasteiger partial charge in [0.1, 0.15) is 0 Å². The molecule has 3 atom stereocenters. The van der Waals surface area contributed by atoms with Gasteiger partial charge in [-0.2, -0.15) is 0 Å². The van der Waals surface area contributed by atoms with Gasteiger partial charge in [-0.05, 0) is 26.2 Å². The molecule has 1 aliphatic heterocycles. The first-order valence-corrected chi connectivity index (χ1v) is 7.49. The summed E-state index contributed by atoms with van der Waals surface area (Å²) in [7, 11) is 1.64. The van der Waals surface area contributed by atoms with Crippen molar-refractivity contribution in [2.75, 3.05) is 20.2 Å². The van der Waals surface area contributed by atoms with Crippen LogP contribution < -0.4 is 10.8 Å². The van der Waals surface area contributed by atoms with E-state index in [4.69, 9.17) is 9.94 Å². The molecular formula is C14H25N3O5. The van der Waals surface area contributed by atoms with Gasteiger partial charge in [-0.3, -0.25) is 14.8 Å². The lowest BCUT2D eigenvalue weighted by molar-refractivity contribution is -0.140. The number of amides is 3. The van der Waals surface area contributed by atoms with Crippen molar-refractivity contribution in [1.29, 1.82) is 0 Å². The molecule has 1 rings (SSSR count). The molecule has 0 aliphatic carbocycles. The zero-order chi connectivity index (χ0) is 16.7. The average Bonchev–Trinajstić information content (AvgIpc) is 2.50. The van der Waals surface area contributed by atoms with Gasteiger partial charge < -0.3 is 15.0 Å². The van der Waals surface area contributed by atoms with E-state index in [0.717, 1.165) is 0 Å². The molecule has 3 unspecified atom stereocenters. The second-order valence-corrected chi connectivity index (χ2v) is 5.75. The highest BCUT2D eigenvalue weighted by molar-refractivity contribution is 5.87. The molecule has 1 fully saturated rings. The maximum atomic E-state index is 12.2. The number of carbonyl (C=O) groups is 3. The number of carbonyl (C=O) groups excluding carboxylic acids is 3. The number of nitrogens with one attached hydrogen (secondary N) is 2. The molecule has 8 heteroatoms. The van der Waals surface area contributed by atoms with Gasteiger partial charge in [0.25, 0.3) is 0 Å². The van der Waals surface area contributed by atoms with E-state index in [9.17, 15) is 14.4 Å². The molecule has 1 aliphatic rings. The Morgan fingerprint density at radius 1 is 1.36 bits per heavy atom. The molecule has 0 aromatic heterocycles. The van der Waals surface area contributed by atoms with E-state index >= 15 is 0 Å². The molecule has 3 N–H and O–H groups in total. The van der Waals surface area contributed by atoms with Crippen LogP contribution in [0.5, 0.6) is 0 Å². The van der Waals surface area contributed by atoms with Crippen LogP contribution in [0.25, 0.3) is 0 Å². The van der Waals surface area contributed by atoms with E-state index < -0.39 is 23.8 Å². The largest absolute Gasteiger partial charge is 0.449 e. The Morgan fingerprint density at radius 2 is 2.05 bits per heavy atom. The normalized spacial score (nSPS) is 28.5. The van der Waals surface area contributed by atoms with E-state index in [-0.39, 0.29) is 18.6 Å². The fourth-order valence-electron chi connectivity index (χ4n) is 2.37. The minimum atomic E-state index is -0.672. The van der Waals surface area contributed by atoms with Crippen molar-refractivity contribution in [1.82, 2.24) is 15.7 Å². The standard InChI is InChI=1S/C14H25N3O5/c1-9-6-7-17(3)14(20)22-8-4-5-11(13(19)16-21)10(2)12(18)15-9/h9-11,21H,4-8H2,1-3H3,(H,15,18)(H,16,19). The quantitative estimate of drug-likeness (QED) is 0.482. The summed E-state index contributed by atoms with van der Waals surface area (Å²) in [6.45, 7) is 4.13. The zero-order valence-electron chi connectivity index (χ0n) is 13.3.